The number of fused-ring (bicyclic) bond motifs is 1. The molecule has 2 aromatic rings. The van der Waals surface area contributed by atoms with Gasteiger partial charge in [-0.25, -0.2) is 0 Å². The van der Waals surface area contributed by atoms with Gasteiger partial charge in [0.25, 0.3) is 0 Å². The van der Waals surface area contributed by atoms with Gasteiger partial charge in [-0.2, -0.15) is 0 Å². The van der Waals surface area contributed by atoms with Crippen molar-refractivity contribution in [1.29, 1.82) is 0 Å². The smallest absolute Gasteiger partial charge is 0.248 e. The molecular formula is C26H28ClN3O4S. The Morgan fingerprint density at radius 3 is 2.57 bits per heavy atom. The summed E-state index contributed by atoms with van der Waals surface area (Å²) in [5.74, 6) is -1.79. The van der Waals surface area contributed by atoms with Crippen LogP contribution in [0.1, 0.15) is 25.3 Å². The van der Waals surface area contributed by atoms with Gasteiger partial charge in [0.1, 0.15) is 6.04 Å². The van der Waals surface area contributed by atoms with Crippen molar-refractivity contribution in [2.24, 2.45) is 11.8 Å². The molecule has 3 saturated heterocycles. The number of hydrogen-bond donors (Lipinski definition) is 3. The van der Waals surface area contributed by atoms with Gasteiger partial charge >= 0.3 is 0 Å². The highest BCUT2D eigenvalue weighted by Crippen LogP contribution is 2.66. The fourth-order valence-corrected chi connectivity index (χ4v) is 8.23. The van der Waals surface area contributed by atoms with Gasteiger partial charge < -0.3 is 20.6 Å². The lowest BCUT2D eigenvalue weighted by molar-refractivity contribution is -0.141. The van der Waals surface area contributed by atoms with Crippen molar-refractivity contribution in [2.75, 3.05) is 11.9 Å². The Balaban J connectivity index is 1.43. The van der Waals surface area contributed by atoms with Crippen molar-refractivity contribution in [3.8, 4) is 0 Å². The summed E-state index contributed by atoms with van der Waals surface area (Å²) in [6, 6.07) is 15.1. The molecule has 2 aromatic carbocycles. The second kappa shape index (κ2) is 9.48. The highest BCUT2D eigenvalue weighted by Gasteiger charge is 2.74. The summed E-state index contributed by atoms with van der Waals surface area (Å²) in [5, 5.41) is 16.4. The van der Waals surface area contributed by atoms with Crippen molar-refractivity contribution in [2.45, 2.75) is 48.4 Å². The number of nitrogens with zero attached hydrogens (tertiary/aromatic N) is 1. The molecule has 0 radical (unpaired) electrons. The maximum absolute atomic E-state index is 13.8. The van der Waals surface area contributed by atoms with Gasteiger partial charge in [0.2, 0.25) is 17.7 Å². The van der Waals surface area contributed by atoms with Crippen LogP contribution in [0.25, 0.3) is 0 Å². The van der Waals surface area contributed by atoms with Crippen molar-refractivity contribution in [1.82, 2.24) is 10.2 Å². The first-order chi connectivity index (χ1) is 16.9. The molecule has 6 atom stereocenters. The molecule has 3 amide bonds. The number of thioether (sulfide) groups is 1. The zero-order chi connectivity index (χ0) is 24.7. The van der Waals surface area contributed by atoms with Gasteiger partial charge in [-0.1, -0.05) is 41.9 Å². The largest absolute Gasteiger partial charge is 0.394 e. The van der Waals surface area contributed by atoms with Gasteiger partial charge in [-0.15, -0.1) is 11.8 Å². The third-order valence-corrected chi connectivity index (χ3v) is 9.65. The molecule has 0 saturated carbocycles. The van der Waals surface area contributed by atoms with Crippen LogP contribution in [0.5, 0.6) is 0 Å². The SMILES string of the molecule is C[C@H](CO)N1C(=O)[C@@H]2[C@@H](C(=O)NCc3ccccc3)[C@H]3CCC2(S3)C1C(=O)Nc1ccc(Cl)cc1. The van der Waals surface area contributed by atoms with Gasteiger partial charge in [0, 0.05) is 22.5 Å². The molecule has 7 nitrogen and oxygen atoms in total. The Labute approximate surface area is 213 Å². The molecule has 3 fully saturated rings. The zero-order valence-electron chi connectivity index (χ0n) is 19.3. The second-order valence-electron chi connectivity index (χ2n) is 9.53. The highest BCUT2D eigenvalue weighted by molar-refractivity contribution is 8.02. The van der Waals surface area contributed by atoms with Crippen LogP contribution in [0.4, 0.5) is 5.69 Å². The van der Waals surface area contributed by atoms with Crippen LogP contribution >= 0.6 is 23.4 Å². The van der Waals surface area contributed by atoms with E-state index in [4.69, 9.17) is 11.6 Å². The van der Waals surface area contributed by atoms with Gasteiger partial charge in [0.05, 0.1) is 29.2 Å². The Kier molecular flexibility index (Phi) is 6.55. The molecule has 184 valence electrons. The van der Waals surface area contributed by atoms with Gasteiger partial charge in [0.15, 0.2) is 0 Å². The monoisotopic (exact) mass is 513 g/mol. The van der Waals surface area contributed by atoms with E-state index in [1.807, 2.05) is 30.3 Å². The lowest BCUT2D eigenvalue weighted by Gasteiger charge is -2.36. The fraction of sp³-hybridized carbons (Fsp3) is 0.423. The number of likely N-dealkylation sites (tertiary alicyclic amines) is 1. The summed E-state index contributed by atoms with van der Waals surface area (Å²) in [4.78, 5) is 42.3. The quantitative estimate of drug-likeness (QED) is 0.528. The Hall–Kier alpha value is -2.55. The number of aliphatic hydroxyl groups excluding tert-OH is 1. The van der Waals surface area contributed by atoms with Crippen LogP contribution < -0.4 is 10.6 Å². The number of nitrogens with one attached hydrogen (secondary N) is 2. The lowest BCUT2D eigenvalue weighted by Crippen LogP contribution is -2.54. The number of halogens is 1. The van der Waals surface area contributed by atoms with Crippen molar-refractivity contribution < 1.29 is 19.5 Å². The fourth-order valence-electron chi connectivity index (χ4n) is 5.90. The number of rotatable bonds is 7. The maximum atomic E-state index is 13.8. The van der Waals surface area contributed by atoms with Crippen LogP contribution in [0.15, 0.2) is 54.6 Å². The van der Waals surface area contributed by atoms with E-state index < -0.39 is 28.7 Å². The predicted octanol–water partition coefficient (Wildman–Crippen LogP) is 3.07. The van der Waals surface area contributed by atoms with E-state index in [1.54, 1.807) is 43.0 Å². The van der Waals surface area contributed by atoms with Crippen LogP contribution in [0.2, 0.25) is 5.02 Å². The Bertz CT molecular complexity index is 1130. The highest BCUT2D eigenvalue weighted by atomic mass is 35.5. The number of carbonyl (C=O) groups is 3. The summed E-state index contributed by atoms with van der Waals surface area (Å²) < 4.78 is -0.698. The summed E-state index contributed by atoms with van der Waals surface area (Å²) in [5.41, 5.74) is 1.57. The van der Waals surface area contributed by atoms with Crippen LogP contribution in [-0.2, 0) is 20.9 Å². The number of amides is 3. The molecule has 3 aliphatic rings. The first-order valence-corrected chi connectivity index (χ1v) is 13.1. The molecule has 35 heavy (non-hydrogen) atoms. The number of hydrogen-bond acceptors (Lipinski definition) is 5. The summed E-state index contributed by atoms with van der Waals surface area (Å²) in [6.07, 6.45) is 1.44. The van der Waals surface area contributed by atoms with E-state index in [2.05, 4.69) is 10.6 Å². The van der Waals surface area contributed by atoms with Crippen LogP contribution in [0, 0.1) is 11.8 Å². The minimum atomic E-state index is -0.778. The molecule has 0 aromatic heterocycles. The van der Waals surface area contributed by atoms with Crippen molar-refractivity contribution in [3.05, 3.63) is 65.2 Å². The third kappa shape index (κ3) is 4.11. The number of anilines is 1. The molecule has 5 rings (SSSR count). The number of aliphatic hydroxyl groups is 1. The summed E-state index contributed by atoms with van der Waals surface area (Å²) in [7, 11) is 0. The van der Waals surface area contributed by atoms with Crippen molar-refractivity contribution in [3.63, 3.8) is 0 Å². The first kappa shape index (κ1) is 24.2. The van der Waals surface area contributed by atoms with E-state index in [9.17, 15) is 19.5 Å². The molecule has 1 spiro atoms. The van der Waals surface area contributed by atoms with E-state index >= 15 is 0 Å². The zero-order valence-corrected chi connectivity index (χ0v) is 20.9. The molecule has 2 bridgehead atoms. The van der Waals surface area contributed by atoms with Gasteiger partial charge in [-0.05, 0) is 49.6 Å². The van der Waals surface area contributed by atoms with Crippen LogP contribution in [-0.4, -0.2) is 56.4 Å². The first-order valence-electron chi connectivity index (χ1n) is 11.8. The lowest BCUT2D eigenvalue weighted by atomic mass is 9.70. The standard InChI is InChI=1S/C26H28ClN3O4S/c1-15(14-31)30-22(24(33)29-18-9-7-17(27)8-10-18)26-12-11-19(35-26)20(21(26)25(30)34)23(32)28-13-16-5-3-2-4-6-16/h2-10,15,19-22,31H,11-14H2,1H3,(H,28,32)(H,29,33)/t15-,19-,20+,21+,22?,26?/m1/s1. The molecule has 3 aliphatic heterocycles. The normalized spacial score (nSPS) is 29.7. The predicted molar refractivity (Wildman–Crippen MR) is 136 cm³/mol. The number of carbonyl (C=O) groups excluding carboxylic acids is 3. The van der Waals surface area contributed by atoms with E-state index in [0.29, 0.717) is 23.7 Å². The molecular weight excluding hydrogens is 486 g/mol. The van der Waals surface area contributed by atoms with Gasteiger partial charge in [-0.3, -0.25) is 14.4 Å². The minimum absolute atomic E-state index is 0.0165. The molecule has 2 unspecified atom stereocenters. The summed E-state index contributed by atoms with van der Waals surface area (Å²) in [6.45, 7) is 1.86. The van der Waals surface area contributed by atoms with Crippen molar-refractivity contribution >= 4 is 46.8 Å². The molecule has 0 aliphatic carbocycles. The average Bonchev–Trinajstić information content (AvgIpc) is 3.51. The Morgan fingerprint density at radius 1 is 1.17 bits per heavy atom. The van der Waals surface area contributed by atoms with E-state index in [0.717, 1.165) is 12.0 Å². The third-order valence-electron chi connectivity index (χ3n) is 7.45. The number of benzene rings is 2. The average molecular weight is 514 g/mol. The van der Waals surface area contributed by atoms with E-state index in [1.165, 1.54) is 4.90 Å². The van der Waals surface area contributed by atoms with Crippen LogP contribution in [0.3, 0.4) is 0 Å². The summed E-state index contributed by atoms with van der Waals surface area (Å²) >= 11 is 7.58. The van der Waals surface area contributed by atoms with E-state index in [-0.39, 0.29) is 29.6 Å². The Morgan fingerprint density at radius 2 is 1.89 bits per heavy atom. The molecule has 9 heteroatoms. The second-order valence-corrected chi connectivity index (χ2v) is 11.6. The maximum Gasteiger partial charge on any atom is 0.248 e. The molecule has 3 heterocycles. The minimum Gasteiger partial charge on any atom is -0.394 e. The topological polar surface area (TPSA) is 98.7 Å². The molecule has 3 N–H and O–H groups in total.